The number of nitrogens with zero attached hydrogens (tertiary/aromatic N) is 1. The lowest BCUT2D eigenvalue weighted by molar-refractivity contribution is -0.139. The highest BCUT2D eigenvalue weighted by Crippen LogP contribution is 2.18. The Labute approximate surface area is 131 Å². The van der Waals surface area contributed by atoms with Crippen LogP contribution in [0.1, 0.15) is 17.6 Å². The molecule has 0 radical (unpaired) electrons. The fourth-order valence-corrected chi connectivity index (χ4v) is 2.52. The van der Waals surface area contributed by atoms with E-state index < -0.39 is 12.6 Å². The molecule has 1 amide bonds. The van der Waals surface area contributed by atoms with E-state index in [1.54, 1.807) is 35.6 Å². The molecule has 0 saturated carbocycles. The van der Waals surface area contributed by atoms with Crippen LogP contribution in [0.2, 0.25) is 0 Å². The van der Waals surface area contributed by atoms with Crippen LogP contribution in [-0.4, -0.2) is 28.6 Å². The lowest BCUT2D eigenvalue weighted by Gasteiger charge is -2.07. The molecule has 0 bridgehead atoms. The summed E-state index contributed by atoms with van der Waals surface area (Å²) < 4.78 is 5.06. The van der Waals surface area contributed by atoms with Gasteiger partial charge in [-0.3, -0.25) is 4.79 Å². The Bertz CT molecular complexity index is 669. The minimum absolute atomic E-state index is 0.177. The molecule has 2 rings (SSSR count). The molecule has 0 aliphatic heterocycles. The van der Waals surface area contributed by atoms with Crippen molar-refractivity contribution in [2.24, 2.45) is 0 Å². The Morgan fingerprint density at radius 1 is 1.41 bits per heavy atom. The standard InChI is InChI=1S/C15H16N2O4S/c1-2-14-17-11(9-22-14)7-13(18)16-10-4-3-5-12(6-10)21-8-15(19)20/h3-6,9H,2,7-8H2,1H3,(H,16,18)(H,19,20). The van der Waals surface area contributed by atoms with Crippen molar-refractivity contribution in [1.82, 2.24) is 4.98 Å². The Hall–Kier alpha value is -2.41. The second kappa shape index (κ2) is 7.56. The third-order valence-electron chi connectivity index (χ3n) is 2.72. The summed E-state index contributed by atoms with van der Waals surface area (Å²) in [6, 6.07) is 6.61. The van der Waals surface area contributed by atoms with Crippen LogP contribution in [0.3, 0.4) is 0 Å². The fraction of sp³-hybridized carbons (Fsp3) is 0.267. The lowest BCUT2D eigenvalue weighted by Crippen LogP contribution is -2.15. The third-order valence-corrected chi connectivity index (χ3v) is 3.77. The van der Waals surface area contributed by atoms with Gasteiger partial charge in [-0.05, 0) is 18.6 Å². The largest absolute Gasteiger partial charge is 0.482 e. The summed E-state index contributed by atoms with van der Waals surface area (Å²) >= 11 is 1.54. The zero-order chi connectivity index (χ0) is 15.9. The van der Waals surface area contributed by atoms with E-state index in [-0.39, 0.29) is 12.3 Å². The van der Waals surface area contributed by atoms with Crippen molar-refractivity contribution in [3.8, 4) is 5.75 Å². The first kappa shape index (κ1) is 16.0. The molecule has 1 aromatic carbocycles. The number of aromatic nitrogens is 1. The summed E-state index contributed by atoms with van der Waals surface area (Å²) in [5.41, 5.74) is 1.30. The highest BCUT2D eigenvalue weighted by Gasteiger charge is 2.08. The van der Waals surface area contributed by atoms with Crippen LogP contribution in [0.25, 0.3) is 0 Å². The van der Waals surface area contributed by atoms with Crippen molar-refractivity contribution >= 4 is 28.9 Å². The van der Waals surface area contributed by atoms with Gasteiger partial charge in [-0.1, -0.05) is 13.0 Å². The first-order valence-electron chi connectivity index (χ1n) is 6.74. The van der Waals surface area contributed by atoms with E-state index in [1.807, 2.05) is 12.3 Å². The zero-order valence-electron chi connectivity index (χ0n) is 12.0. The fourth-order valence-electron chi connectivity index (χ4n) is 1.77. The Kier molecular flexibility index (Phi) is 5.48. The van der Waals surface area contributed by atoms with Crippen LogP contribution in [0, 0.1) is 0 Å². The minimum atomic E-state index is -1.05. The first-order valence-corrected chi connectivity index (χ1v) is 7.62. The van der Waals surface area contributed by atoms with E-state index >= 15 is 0 Å². The number of aryl methyl sites for hydroxylation is 1. The topological polar surface area (TPSA) is 88.5 Å². The van der Waals surface area contributed by atoms with Gasteiger partial charge in [0.05, 0.1) is 17.1 Å². The Balaban J connectivity index is 1.93. The molecule has 7 heteroatoms. The number of hydrogen-bond acceptors (Lipinski definition) is 5. The molecule has 0 aliphatic rings. The molecule has 0 atom stereocenters. The molecule has 0 fully saturated rings. The summed E-state index contributed by atoms with van der Waals surface area (Å²) in [6.45, 7) is 1.60. The highest BCUT2D eigenvalue weighted by atomic mass is 32.1. The molecule has 0 spiro atoms. The van der Waals surface area contributed by atoms with Crippen molar-refractivity contribution in [3.05, 3.63) is 40.3 Å². The number of carboxylic acids is 1. The second-order valence-electron chi connectivity index (χ2n) is 4.52. The number of thiazole rings is 1. The minimum Gasteiger partial charge on any atom is -0.482 e. The van der Waals surface area contributed by atoms with E-state index in [9.17, 15) is 9.59 Å². The number of rotatable bonds is 7. The molecule has 6 nitrogen and oxygen atoms in total. The second-order valence-corrected chi connectivity index (χ2v) is 5.46. The number of carbonyl (C=O) groups excluding carboxylic acids is 1. The number of anilines is 1. The smallest absolute Gasteiger partial charge is 0.341 e. The molecule has 116 valence electrons. The van der Waals surface area contributed by atoms with Gasteiger partial charge in [0, 0.05) is 17.1 Å². The average Bonchev–Trinajstić information content (AvgIpc) is 2.93. The van der Waals surface area contributed by atoms with Gasteiger partial charge in [0.15, 0.2) is 6.61 Å². The van der Waals surface area contributed by atoms with Crippen LogP contribution in [0.5, 0.6) is 5.75 Å². The molecular weight excluding hydrogens is 304 g/mol. The first-order chi connectivity index (χ1) is 10.6. The molecule has 0 unspecified atom stereocenters. The summed E-state index contributed by atoms with van der Waals surface area (Å²) in [5, 5.41) is 14.2. The molecule has 2 aromatic rings. The van der Waals surface area contributed by atoms with Crippen molar-refractivity contribution in [3.63, 3.8) is 0 Å². The molecule has 0 saturated heterocycles. The van der Waals surface area contributed by atoms with Crippen molar-refractivity contribution in [2.75, 3.05) is 11.9 Å². The van der Waals surface area contributed by atoms with Crippen LogP contribution >= 0.6 is 11.3 Å². The van der Waals surface area contributed by atoms with Crippen molar-refractivity contribution in [2.45, 2.75) is 19.8 Å². The lowest BCUT2D eigenvalue weighted by atomic mass is 10.2. The van der Waals surface area contributed by atoms with Gasteiger partial charge in [0.25, 0.3) is 0 Å². The van der Waals surface area contributed by atoms with Gasteiger partial charge in [0.1, 0.15) is 5.75 Å². The maximum atomic E-state index is 12.0. The van der Waals surface area contributed by atoms with Crippen molar-refractivity contribution < 1.29 is 19.4 Å². The molecule has 22 heavy (non-hydrogen) atoms. The third kappa shape index (κ3) is 4.85. The van der Waals surface area contributed by atoms with Gasteiger partial charge in [-0.15, -0.1) is 11.3 Å². The van der Waals surface area contributed by atoms with Crippen LogP contribution in [-0.2, 0) is 22.4 Å². The maximum absolute atomic E-state index is 12.0. The number of benzene rings is 1. The highest BCUT2D eigenvalue weighted by molar-refractivity contribution is 7.09. The number of nitrogens with one attached hydrogen (secondary N) is 1. The van der Waals surface area contributed by atoms with Gasteiger partial charge in [-0.2, -0.15) is 0 Å². The molecule has 1 heterocycles. The van der Waals surface area contributed by atoms with Crippen LogP contribution < -0.4 is 10.1 Å². The number of carboxylic acid groups (broad SMARTS) is 1. The SMILES string of the molecule is CCc1nc(CC(=O)Nc2cccc(OCC(=O)O)c2)cs1. The number of amides is 1. The summed E-state index contributed by atoms with van der Waals surface area (Å²) in [6.07, 6.45) is 1.06. The van der Waals surface area contributed by atoms with E-state index in [4.69, 9.17) is 9.84 Å². The van der Waals surface area contributed by atoms with Gasteiger partial charge in [0.2, 0.25) is 5.91 Å². The molecule has 1 aromatic heterocycles. The predicted octanol–water partition coefficient (Wildman–Crippen LogP) is 2.35. The number of carbonyl (C=O) groups is 2. The summed E-state index contributed by atoms with van der Waals surface area (Å²) in [7, 11) is 0. The van der Waals surface area contributed by atoms with Crippen LogP contribution in [0.15, 0.2) is 29.6 Å². The van der Waals surface area contributed by atoms with E-state index in [0.717, 1.165) is 17.1 Å². The van der Waals surface area contributed by atoms with Gasteiger partial charge in [-0.25, -0.2) is 9.78 Å². The van der Waals surface area contributed by atoms with Crippen LogP contribution in [0.4, 0.5) is 5.69 Å². The predicted molar refractivity (Wildman–Crippen MR) is 83.4 cm³/mol. The monoisotopic (exact) mass is 320 g/mol. The van der Waals surface area contributed by atoms with Crippen molar-refractivity contribution in [1.29, 1.82) is 0 Å². The number of aliphatic carboxylic acids is 1. The molecule has 2 N–H and O–H groups in total. The summed E-state index contributed by atoms with van der Waals surface area (Å²) in [5.74, 6) is -0.838. The van der Waals surface area contributed by atoms with Gasteiger partial charge >= 0.3 is 5.97 Å². The van der Waals surface area contributed by atoms with E-state index in [2.05, 4.69) is 10.3 Å². The normalized spacial score (nSPS) is 10.2. The van der Waals surface area contributed by atoms with E-state index in [1.165, 1.54) is 0 Å². The van der Waals surface area contributed by atoms with Gasteiger partial charge < -0.3 is 15.2 Å². The Morgan fingerprint density at radius 2 is 2.23 bits per heavy atom. The Morgan fingerprint density at radius 3 is 2.91 bits per heavy atom. The van der Waals surface area contributed by atoms with E-state index in [0.29, 0.717) is 11.4 Å². The quantitative estimate of drug-likeness (QED) is 0.817. The average molecular weight is 320 g/mol. The number of ether oxygens (including phenoxy) is 1. The molecular formula is C15H16N2O4S. The zero-order valence-corrected chi connectivity index (χ0v) is 12.9. The summed E-state index contributed by atoms with van der Waals surface area (Å²) in [4.78, 5) is 26.8. The number of hydrogen-bond donors (Lipinski definition) is 2. The molecule has 0 aliphatic carbocycles. The maximum Gasteiger partial charge on any atom is 0.341 e.